The van der Waals surface area contributed by atoms with Gasteiger partial charge in [0, 0.05) is 0 Å². The number of esters is 1. The van der Waals surface area contributed by atoms with Gasteiger partial charge in [-0.1, -0.05) is 55.1 Å². The fourth-order valence-corrected chi connectivity index (χ4v) is 1.04. The minimum absolute atomic E-state index is 0.306. The molecule has 0 fully saturated rings. The highest BCUT2D eigenvalue weighted by Gasteiger charge is 2.32. The number of hydrogen-bond acceptors (Lipinski definition) is 2. The summed E-state index contributed by atoms with van der Waals surface area (Å²) in [5, 5.41) is 0. The molecule has 0 aromatic carbocycles. The van der Waals surface area contributed by atoms with Gasteiger partial charge in [0.25, 0.3) is 3.79 Å². The fraction of sp³-hybridized carbons (Fsp3) is 0.875. The van der Waals surface area contributed by atoms with E-state index in [1.54, 1.807) is 0 Å². The second-order valence-electron chi connectivity index (χ2n) is 2.99. The SMILES string of the molecule is CCC[C@H](C)COC(=O)C(Cl)(Cl)Cl. The van der Waals surface area contributed by atoms with Crippen molar-refractivity contribution in [2.24, 2.45) is 5.92 Å². The molecule has 2 nitrogen and oxygen atoms in total. The van der Waals surface area contributed by atoms with Crippen molar-refractivity contribution in [1.82, 2.24) is 0 Å². The predicted molar refractivity (Wildman–Crippen MR) is 55.3 cm³/mol. The van der Waals surface area contributed by atoms with Crippen LogP contribution in [0.2, 0.25) is 0 Å². The standard InChI is InChI=1S/C8H13Cl3O2/c1-3-4-6(2)5-13-7(12)8(9,10)11/h6H,3-5H2,1-2H3/t6-/m0/s1. The van der Waals surface area contributed by atoms with E-state index in [-0.39, 0.29) is 0 Å². The van der Waals surface area contributed by atoms with Crippen LogP contribution in [0, 0.1) is 5.92 Å². The van der Waals surface area contributed by atoms with Gasteiger partial charge in [0.1, 0.15) is 0 Å². The first-order chi connectivity index (χ1) is 5.88. The molecule has 5 heteroatoms. The number of alkyl halides is 3. The maximum Gasteiger partial charge on any atom is 0.358 e. The Balaban J connectivity index is 3.71. The quantitative estimate of drug-likeness (QED) is 0.563. The monoisotopic (exact) mass is 246 g/mol. The molecule has 0 aromatic heterocycles. The fourth-order valence-electron chi connectivity index (χ4n) is 0.876. The lowest BCUT2D eigenvalue weighted by atomic mass is 10.1. The van der Waals surface area contributed by atoms with Crippen LogP contribution >= 0.6 is 34.8 Å². The summed E-state index contributed by atoms with van der Waals surface area (Å²) in [6.45, 7) is 4.35. The van der Waals surface area contributed by atoms with Gasteiger partial charge in [0.15, 0.2) is 0 Å². The van der Waals surface area contributed by atoms with Gasteiger partial charge >= 0.3 is 5.97 Å². The summed E-state index contributed by atoms with van der Waals surface area (Å²) in [7, 11) is 0. The minimum Gasteiger partial charge on any atom is -0.462 e. The second-order valence-corrected chi connectivity index (χ2v) is 5.27. The van der Waals surface area contributed by atoms with E-state index in [4.69, 9.17) is 39.5 Å². The Kier molecular flexibility index (Phi) is 6.10. The van der Waals surface area contributed by atoms with Gasteiger partial charge in [-0.25, -0.2) is 4.79 Å². The van der Waals surface area contributed by atoms with Crippen LogP contribution in [0.5, 0.6) is 0 Å². The molecule has 0 unspecified atom stereocenters. The van der Waals surface area contributed by atoms with Crippen LogP contribution in [-0.2, 0) is 9.53 Å². The van der Waals surface area contributed by atoms with Crippen LogP contribution in [0.1, 0.15) is 26.7 Å². The normalized spacial score (nSPS) is 13.9. The average Bonchev–Trinajstić information content (AvgIpc) is 1.99. The molecule has 0 aliphatic rings. The minimum atomic E-state index is -1.95. The lowest BCUT2D eigenvalue weighted by molar-refractivity contribution is -0.143. The Bertz CT molecular complexity index is 165. The van der Waals surface area contributed by atoms with E-state index in [0.717, 1.165) is 12.8 Å². The van der Waals surface area contributed by atoms with Crippen molar-refractivity contribution in [2.75, 3.05) is 6.61 Å². The first-order valence-corrected chi connectivity index (χ1v) is 5.25. The highest BCUT2D eigenvalue weighted by molar-refractivity contribution is 6.75. The first kappa shape index (κ1) is 13.3. The molecule has 1 atom stereocenters. The van der Waals surface area contributed by atoms with E-state index in [1.807, 2.05) is 6.92 Å². The Morgan fingerprint density at radius 2 is 2.00 bits per heavy atom. The molecule has 0 aliphatic heterocycles. The van der Waals surface area contributed by atoms with Crippen molar-refractivity contribution in [3.05, 3.63) is 0 Å². The van der Waals surface area contributed by atoms with Crippen LogP contribution in [0.4, 0.5) is 0 Å². The highest BCUT2D eigenvalue weighted by atomic mass is 35.6. The zero-order chi connectivity index (χ0) is 10.5. The number of hydrogen-bond donors (Lipinski definition) is 0. The van der Waals surface area contributed by atoms with Crippen molar-refractivity contribution in [1.29, 1.82) is 0 Å². The molecule has 78 valence electrons. The number of rotatable bonds is 4. The largest absolute Gasteiger partial charge is 0.462 e. The van der Waals surface area contributed by atoms with Crippen molar-refractivity contribution in [2.45, 2.75) is 30.5 Å². The van der Waals surface area contributed by atoms with E-state index < -0.39 is 9.76 Å². The third-order valence-electron chi connectivity index (χ3n) is 1.51. The van der Waals surface area contributed by atoms with Gasteiger partial charge < -0.3 is 4.74 Å². The van der Waals surface area contributed by atoms with Gasteiger partial charge in [-0.2, -0.15) is 0 Å². The van der Waals surface area contributed by atoms with Crippen LogP contribution in [-0.4, -0.2) is 16.4 Å². The van der Waals surface area contributed by atoms with Gasteiger partial charge in [-0.15, -0.1) is 0 Å². The van der Waals surface area contributed by atoms with Crippen molar-refractivity contribution in [3.8, 4) is 0 Å². The number of carbonyl (C=O) groups excluding carboxylic acids is 1. The lowest BCUT2D eigenvalue weighted by Gasteiger charge is -2.13. The molecule has 0 amide bonds. The van der Waals surface area contributed by atoms with Gasteiger partial charge in [0.05, 0.1) is 6.61 Å². The molecule has 0 spiro atoms. The van der Waals surface area contributed by atoms with Crippen LogP contribution in [0.3, 0.4) is 0 Å². The molecule has 0 aliphatic carbocycles. The Labute approximate surface area is 93.5 Å². The molecule has 0 saturated carbocycles. The zero-order valence-electron chi connectivity index (χ0n) is 7.65. The molecule has 0 rings (SSSR count). The highest BCUT2D eigenvalue weighted by Crippen LogP contribution is 2.27. The number of carbonyl (C=O) groups is 1. The van der Waals surface area contributed by atoms with E-state index >= 15 is 0 Å². The topological polar surface area (TPSA) is 26.3 Å². The van der Waals surface area contributed by atoms with Crippen LogP contribution < -0.4 is 0 Å². The average molecular weight is 248 g/mol. The van der Waals surface area contributed by atoms with Crippen molar-refractivity contribution in [3.63, 3.8) is 0 Å². The molecule has 0 N–H and O–H groups in total. The van der Waals surface area contributed by atoms with Crippen LogP contribution in [0.25, 0.3) is 0 Å². The summed E-state index contributed by atoms with van der Waals surface area (Å²) in [4.78, 5) is 11.0. The van der Waals surface area contributed by atoms with E-state index in [1.165, 1.54) is 0 Å². The molecule has 0 aromatic rings. The first-order valence-electron chi connectivity index (χ1n) is 4.11. The molecule has 13 heavy (non-hydrogen) atoms. The van der Waals surface area contributed by atoms with Crippen molar-refractivity contribution >= 4 is 40.8 Å². The Morgan fingerprint density at radius 1 is 1.46 bits per heavy atom. The van der Waals surface area contributed by atoms with Gasteiger partial charge in [-0.05, 0) is 12.3 Å². The number of halogens is 3. The summed E-state index contributed by atoms with van der Waals surface area (Å²) >= 11 is 15.9. The van der Waals surface area contributed by atoms with Gasteiger partial charge in [-0.3, -0.25) is 0 Å². The Hall–Kier alpha value is 0.340. The van der Waals surface area contributed by atoms with E-state index in [9.17, 15) is 4.79 Å². The maximum atomic E-state index is 11.0. The molecular formula is C8H13Cl3O2. The third kappa shape index (κ3) is 6.42. The maximum absolute atomic E-state index is 11.0. The molecular weight excluding hydrogens is 234 g/mol. The Morgan fingerprint density at radius 3 is 2.38 bits per heavy atom. The summed E-state index contributed by atoms with van der Waals surface area (Å²) < 4.78 is 2.83. The molecule has 0 saturated heterocycles. The smallest absolute Gasteiger partial charge is 0.358 e. The number of ether oxygens (including phenoxy) is 1. The lowest BCUT2D eigenvalue weighted by Crippen LogP contribution is -2.24. The zero-order valence-corrected chi connectivity index (χ0v) is 9.92. The molecule has 0 heterocycles. The predicted octanol–water partition coefficient (Wildman–Crippen LogP) is 3.34. The second kappa shape index (κ2) is 5.94. The van der Waals surface area contributed by atoms with E-state index in [0.29, 0.717) is 12.5 Å². The van der Waals surface area contributed by atoms with Gasteiger partial charge in [0.2, 0.25) is 0 Å². The molecule has 0 bridgehead atoms. The summed E-state index contributed by atoms with van der Waals surface area (Å²) in [5.41, 5.74) is 0. The van der Waals surface area contributed by atoms with Crippen molar-refractivity contribution < 1.29 is 9.53 Å². The van der Waals surface area contributed by atoms with Crippen LogP contribution in [0.15, 0.2) is 0 Å². The third-order valence-corrected chi connectivity index (χ3v) is 1.97. The molecule has 0 radical (unpaired) electrons. The summed E-state index contributed by atoms with van der Waals surface area (Å²) in [6.07, 6.45) is 2.04. The van der Waals surface area contributed by atoms with E-state index in [2.05, 4.69) is 6.92 Å². The summed E-state index contributed by atoms with van der Waals surface area (Å²) in [6, 6.07) is 0. The summed E-state index contributed by atoms with van der Waals surface area (Å²) in [5.74, 6) is -0.498.